The SMILES string of the molecule is CCOc1cc(/C=C2/C=C(c3ccc(C)cc3)OC2=O)cc(Br)c1OC. The molecule has 0 aromatic heterocycles. The summed E-state index contributed by atoms with van der Waals surface area (Å²) in [5.74, 6) is 1.42. The van der Waals surface area contributed by atoms with Crippen LogP contribution in [0.5, 0.6) is 11.5 Å². The first-order valence-corrected chi connectivity index (χ1v) is 9.04. The molecule has 0 fully saturated rings. The van der Waals surface area contributed by atoms with Gasteiger partial charge in [-0.15, -0.1) is 0 Å². The van der Waals surface area contributed by atoms with Crippen molar-refractivity contribution in [1.82, 2.24) is 0 Å². The highest BCUT2D eigenvalue weighted by Gasteiger charge is 2.22. The Balaban J connectivity index is 1.96. The normalized spacial score (nSPS) is 15.0. The van der Waals surface area contributed by atoms with E-state index in [2.05, 4.69) is 15.9 Å². The molecule has 2 aromatic rings. The first-order chi connectivity index (χ1) is 12.5. The minimum atomic E-state index is -0.370. The maximum Gasteiger partial charge on any atom is 0.343 e. The molecular weight excluding hydrogens is 396 g/mol. The number of benzene rings is 2. The predicted octanol–water partition coefficient (Wildman–Crippen LogP) is 5.15. The third-order valence-electron chi connectivity index (χ3n) is 3.92. The summed E-state index contributed by atoms with van der Waals surface area (Å²) in [5.41, 5.74) is 3.33. The van der Waals surface area contributed by atoms with Gasteiger partial charge in [0.1, 0.15) is 5.76 Å². The lowest BCUT2D eigenvalue weighted by atomic mass is 10.1. The Labute approximate surface area is 161 Å². The largest absolute Gasteiger partial charge is 0.492 e. The first kappa shape index (κ1) is 18.3. The molecular formula is C21H19BrO4. The Morgan fingerprint density at radius 3 is 2.58 bits per heavy atom. The monoisotopic (exact) mass is 414 g/mol. The van der Waals surface area contributed by atoms with E-state index in [0.717, 1.165) is 21.2 Å². The molecule has 5 heteroatoms. The second kappa shape index (κ2) is 7.79. The van der Waals surface area contributed by atoms with Crippen LogP contribution in [0.25, 0.3) is 11.8 Å². The number of methoxy groups -OCH3 is 1. The molecule has 134 valence electrons. The lowest BCUT2D eigenvalue weighted by Gasteiger charge is -2.12. The van der Waals surface area contributed by atoms with Gasteiger partial charge in [0.2, 0.25) is 0 Å². The van der Waals surface area contributed by atoms with Crippen LogP contribution in [0, 0.1) is 6.92 Å². The Morgan fingerprint density at radius 1 is 1.19 bits per heavy atom. The summed E-state index contributed by atoms with van der Waals surface area (Å²) in [6, 6.07) is 11.6. The van der Waals surface area contributed by atoms with Crippen molar-refractivity contribution in [3.63, 3.8) is 0 Å². The van der Waals surface area contributed by atoms with Crippen LogP contribution < -0.4 is 9.47 Å². The molecule has 1 aliphatic rings. The minimum Gasteiger partial charge on any atom is -0.492 e. The number of halogens is 1. The zero-order valence-electron chi connectivity index (χ0n) is 14.8. The van der Waals surface area contributed by atoms with Crippen LogP contribution in [0.4, 0.5) is 0 Å². The molecule has 0 bridgehead atoms. The maximum atomic E-state index is 12.2. The number of rotatable bonds is 5. The number of carbonyl (C=O) groups is 1. The third kappa shape index (κ3) is 3.83. The van der Waals surface area contributed by atoms with Crippen molar-refractivity contribution in [3.05, 3.63) is 69.2 Å². The van der Waals surface area contributed by atoms with E-state index in [1.54, 1.807) is 19.3 Å². The van der Waals surface area contributed by atoms with Gasteiger partial charge in [0.15, 0.2) is 11.5 Å². The molecule has 26 heavy (non-hydrogen) atoms. The van der Waals surface area contributed by atoms with E-state index in [9.17, 15) is 4.79 Å². The van der Waals surface area contributed by atoms with Crippen LogP contribution >= 0.6 is 15.9 Å². The smallest absolute Gasteiger partial charge is 0.343 e. The highest BCUT2D eigenvalue weighted by atomic mass is 79.9. The van der Waals surface area contributed by atoms with Crippen LogP contribution in [0.2, 0.25) is 0 Å². The summed E-state index contributed by atoms with van der Waals surface area (Å²) < 4.78 is 17.2. The molecule has 0 saturated carbocycles. The van der Waals surface area contributed by atoms with Gasteiger partial charge in [0.25, 0.3) is 0 Å². The van der Waals surface area contributed by atoms with E-state index in [-0.39, 0.29) is 5.97 Å². The zero-order chi connectivity index (χ0) is 18.7. The van der Waals surface area contributed by atoms with Crippen LogP contribution in [-0.4, -0.2) is 19.7 Å². The molecule has 0 saturated heterocycles. The molecule has 0 amide bonds. The van der Waals surface area contributed by atoms with E-state index < -0.39 is 0 Å². The molecule has 0 atom stereocenters. The van der Waals surface area contributed by atoms with Crippen molar-refractivity contribution in [1.29, 1.82) is 0 Å². The van der Waals surface area contributed by atoms with Crippen molar-refractivity contribution < 1.29 is 19.0 Å². The van der Waals surface area contributed by atoms with Gasteiger partial charge in [-0.25, -0.2) is 4.79 Å². The molecule has 1 heterocycles. The second-order valence-corrected chi connectivity index (χ2v) is 6.69. The maximum absolute atomic E-state index is 12.2. The molecule has 0 N–H and O–H groups in total. The molecule has 0 unspecified atom stereocenters. The van der Waals surface area contributed by atoms with E-state index >= 15 is 0 Å². The fourth-order valence-corrected chi connectivity index (χ4v) is 3.28. The summed E-state index contributed by atoms with van der Waals surface area (Å²) in [7, 11) is 1.59. The Bertz CT molecular complexity index is 895. The fraction of sp³-hybridized carbons (Fsp3) is 0.190. The Morgan fingerprint density at radius 2 is 1.92 bits per heavy atom. The number of aryl methyl sites for hydroxylation is 1. The highest BCUT2D eigenvalue weighted by molar-refractivity contribution is 9.10. The molecule has 0 radical (unpaired) electrons. The number of hydrogen-bond acceptors (Lipinski definition) is 4. The predicted molar refractivity (Wildman–Crippen MR) is 105 cm³/mol. The number of hydrogen-bond donors (Lipinski definition) is 0. The fourth-order valence-electron chi connectivity index (χ4n) is 2.66. The van der Waals surface area contributed by atoms with Crippen molar-refractivity contribution in [2.75, 3.05) is 13.7 Å². The summed E-state index contributed by atoms with van der Waals surface area (Å²) in [6.45, 7) is 4.44. The van der Waals surface area contributed by atoms with Gasteiger partial charge in [-0.05, 0) is 59.6 Å². The second-order valence-electron chi connectivity index (χ2n) is 5.83. The quantitative estimate of drug-likeness (QED) is 0.501. The lowest BCUT2D eigenvalue weighted by Crippen LogP contribution is -1.98. The average Bonchev–Trinajstić information content (AvgIpc) is 2.96. The molecule has 0 spiro atoms. The van der Waals surface area contributed by atoms with E-state index in [1.807, 2.05) is 50.2 Å². The molecule has 2 aromatic carbocycles. The molecule has 3 rings (SSSR count). The topological polar surface area (TPSA) is 44.8 Å². The van der Waals surface area contributed by atoms with Crippen molar-refractivity contribution in [2.45, 2.75) is 13.8 Å². The summed E-state index contributed by atoms with van der Waals surface area (Å²) in [5, 5.41) is 0. The van der Waals surface area contributed by atoms with Crippen LogP contribution in [0.15, 0.2) is 52.5 Å². The average molecular weight is 415 g/mol. The summed E-state index contributed by atoms with van der Waals surface area (Å²) >= 11 is 3.48. The van der Waals surface area contributed by atoms with Gasteiger partial charge in [0, 0.05) is 5.56 Å². The van der Waals surface area contributed by atoms with Gasteiger partial charge in [-0.1, -0.05) is 29.8 Å². The minimum absolute atomic E-state index is 0.370. The number of cyclic esters (lactones) is 1. The van der Waals surface area contributed by atoms with Crippen molar-refractivity contribution in [2.24, 2.45) is 0 Å². The Hall–Kier alpha value is -2.53. The zero-order valence-corrected chi connectivity index (χ0v) is 16.4. The van der Waals surface area contributed by atoms with Crippen molar-refractivity contribution in [3.8, 4) is 11.5 Å². The number of ether oxygens (including phenoxy) is 3. The summed E-state index contributed by atoms with van der Waals surface area (Å²) in [6.07, 6.45) is 3.53. The van der Waals surface area contributed by atoms with Gasteiger partial charge in [0.05, 0.1) is 23.8 Å². The van der Waals surface area contributed by atoms with Gasteiger partial charge >= 0.3 is 5.97 Å². The van der Waals surface area contributed by atoms with Crippen LogP contribution in [0.1, 0.15) is 23.6 Å². The van der Waals surface area contributed by atoms with Gasteiger partial charge in [-0.2, -0.15) is 0 Å². The van der Waals surface area contributed by atoms with Gasteiger partial charge in [-0.3, -0.25) is 0 Å². The lowest BCUT2D eigenvalue weighted by molar-refractivity contribution is -0.130. The van der Waals surface area contributed by atoms with Crippen molar-refractivity contribution >= 4 is 33.7 Å². The summed E-state index contributed by atoms with van der Waals surface area (Å²) in [4.78, 5) is 12.2. The molecule has 1 aliphatic heterocycles. The van der Waals surface area contributed by atoms with Crippen LogP contribution in [-0.2, 0) is 9.53 Å². The van der Waals surface area contributed by atoms with E-state index in [4.69, 9.17) is 14.2 Å². The molecule has 4 nitrogen and oxygen atoms in total. The number of carbonyl (C=O) groups excluding carboxylic acids is 1. The van der Waals surface area contributed by atoms with E-state index in [1.165, 1.54) is 0 Å². The van der Waals surface area contributed by atoms with Crippen LogP contribution in [0.3, 0.4) is 0 Å². The first-order valence-electron chi connectivity index (χ1n) is 8.24. The van der Waals surface area contributed by atoms with Gasteiger partial charge < -0.3 is 14.2 Å². The highest BCUT2D eigenvalue weighted by Crippen LogP contribution is 2.37. The van der Waals surface area contributed by atoms with E-state index in [0.29, 0.717) is 29.4 Å². The number of esters is 1. The molecule has 0 aliphatic carbocycles. The third-order valence-corrected chi connectivity index (χ3v) is 4.51. The Kier molecular flexibility index (Phi) is 5.47. The standard InChI is InChI=1S/C21H19BrO4/c1-4-25-19-11-14(10-17(22)20(19)24-3)9-16-12-18(26-21(16)23)15-7-5-13(2)6-8-15/h5-12H,4H2,1-3H3/b16-9-.